The van der Waals surface area contributed by atoms with Gasteiger partial charge >= 0.3 is 0 Å². The molecule has 3 nitrogen and oxygen atoms in total. The van der Waals surface area contributed by atoms with Crippen molar-refractivity contribution in [2.45, 2.75) is 45.7 Å². The highest BCUT2D eigenvalue weighted by atomic mass is 16.2. The number of piperidine rings is 1. The number of hydrogen-bond acceptors (Lipinski definition) is 2. The van der Waals surface area contributed by atoms with Gasteiger partial charge in [0, 0.05) is 19.6 Å². The van der Waals surface area contributed by atoms with Crippen LogP contribution in [0.5, 0.6) is 0 Å². The third kappa shape index (κ3) is 2.47. The van der Waals surface area contributed by atoms with E-state index < -0.39 is 0 Å². The van der Waals surface area contributed by atoms with Crippen LogP contribution in [0.4, 0.5) is 0 Å². The van der Waals surface area contributed by atoms with E-state index in [1.54, 1.807) is 4.90 Å². The molecule has 1 heterocycles. The SMILES string of the molecule is CCN(C)C(=O)C1CCC(C)C(C)N1. The second kappa shape index (κ2) is 4.78. The number of carbonyl (C=O) groups excluding carboxylic acids is 1. The van der Waals surface area contributed by atoms with Crippen molar-refractivity contribution < 1.29 is 4.79 Å². The van der Waals surface area contributed by atoms with Crippen LogP contribution in [-0.2, 0) is 4.79 Å². The van der Waals surface area contributed by atoms with Crippen LogP contribution < -0.4 is 5.32 Å². The third-order valence-corrected chi connectivity index (χ3v) is 3.38. The molecule has 0 aromatic heterocycles. The summed E-state index contributed by atoms with van der Waals surface area (Å²) in [5, 5.41) is 3.39. The van der Waals surface area contributed by atoms with Crippen LogP contribution in [0.15, 0.2) is 0 Å². The van der Waals surface area contributed by atoms with Crippen molar-refractivity contribution in [3.8, 4) is 0 Å². The molecule has 3 atom stereocenters. The molecule has 82 valence electrons. The highest BCUT2D eigenvalue weighted by molar-refractivity contribution is 5.81. The maximum Gasteiger partial charge on any atom is 0.239 e. The fraction of sp³-hybridized carbons (Fsp3) is 0.909. The van der Waals surface area contributed by atoms with E-state index in [-0.39, 0.29) is 11.9 Å². The second-order valence-corrected chi connectivity index (χ2v) is 4.41. The molecule has 14 heavy (non-hydrogen) atoms. The van der Waals surface area contributed by atoms with Crippen molar-refractivity contribution in [1.82, 2.24) is 10.2 Å². The molecule has 0 spiro atoms. The second-order valence-electron chi connectivity index (χ2n) is 4.41. The van der Waals surface area contributed by atoms with E-state index >= 15 is 0 Å². The molecule has 0 bridgehead atoms. The molecule has 1 N–H and O–H groups in total. The van der Waals surface area contributed by atoms with E-state index in [9.17, 15) is 4.79 Å². The Morgan fingerprint density at radius 1 is 1.43 bits per heavy atom. The molecular formula is C11H22N2O. The van der Waals surface area contributed by atoms with Crippen molar-refractivity contribution in [2.75, 3.05) is 13.6 Å². The fourth-order valence-electron chi connectivity index (χ4n) is 1.86. The van der Waals surface area contributed by atoms with Crippen LogP contribution in [0, 0.1) is 5.92 Å². The van der Waals surface area contributed by atoms with E-state index in [0.29, 0.717) is 12.0 Å². The summed E-state index contributed by atoms with van der Waals surface area (Å²) in [6, 6.07) is 0.508. The van der Waals surface area contributed by atoms with Crippen molar-refractivity contribution in [2.24, 2.45) is 5.92 Å². The minimum absolute atomic E-state index is 0.0474. The molecule has 3 heteroatoms. The Morgan fingerprint density at radius 2 is 2.07 bits per heavy atom. The molecule has 1 aliphatic heterocycles. The Labute approximate surface area is 86.9 Å². The molecule has 1 aliphatic rings. The smallest absolute Gasteiger partial charge is 0.239 e. The van der Waals surface area contributed by atoms with Crippen molar-refractivity contribution in [3.05, 3.63) is 0 Å². The zero-order chi connectivity index (χ0) is 10.7. The van der Waals surface area contributed by atoms with E-state index in [2.05, 4.69) is 19.2 Å². The summed E-state index contributed by atoms with van der Waals surface area (Å²) in [7, 11) is 1.87. The van der Waals surface area contributed by atoms with Crippen LogP contribution >= 0.6 is 0 Å². The topological polar surface area (TPSA) is 32.3 Å². The number of nitrogens with one attached hydrogen (secondary N) is 1. The number of carbonyl (C=O) groups is 1. The largest absolute Gasteiger partial charge is 0.345 e. The molecule has 0 radical (unpaired) electrons. The van der Waals surface area contributed by atoms with Gasteiger partial charge in [-0.1, -0.05) is 6.92 Å². The summed E-state index contributed by atoms with van der Waals surface area (Å²) in [5.74, 6) is 0.928. The Hall–Kier alpha value is -0.570. The summed E-state index contributed by atoms with van der Waals surface area (Å²) < 4.78 is 0. The fourth-order valence-corrected chi connectivity index (χ4v) is 1.86. The Balaban J connectivity index is 2.50. The lowest BCUT2D eigenvalue weighted by Gasteiger charge is -2.34. The van der Waals surface area contributed by atoms with Gasteiger partial charge in [0.1, 0.15) is 0 Å². The molecule has 1 saturated heterocycles. The van der Waals surface area contributed by atoms with E-state index in [1.165, 1.54) is 0 Å². The van der Waals surface area contributed by atoms with Gasteiger partial charge in [-0.2, -0.15) is 0 Å². The van der Waals surface area contributed by atoms with Crippen LogP contribution in [0.2, 0.25) is 0 Å². The molecule has 1 amide bonds. The molecule has 1 fully saturated rings. The van der Waals surface area contributed by atoms with Gasteiger partial charge in [0.15, 0.2) is 0 Å². The summed E-state index contributed by atoms with van der Waals surface area (Å²) in [5.41, 5.74) is 0. The first kappa shape index (κ1) is 11.5. The summed E-state index contributed by atoms with van der Waals surface area (Å²) in [6.07, 6.45) is 2.14. The summed E-state index contributed by atoms with van der Waals surface area (Å²) >= 11 is 0. The first-order valence-electron chi connectivity index (χ1n) is 5.57. The number of rotatable bonds is 2. The minimum Gasteiger partial charge on any atom is -0.345 e. The van der Waals surface area contributed by atoms with E-state index in [0.717, 1.165) is 19.4 Å². The van der Waals surface area contributed by atoms with Crippen LogP contribution in [0.3, 0.4) is 0 Å². The quantitative estimate of drug-likeness (QED) is 0.724. The predicted molar refractivity (Wildman–Crippen MR) is 58.1 cm³/mol. The molecule has 0 aliphatic carbocycles. The third-order valence-electron chi connectivity index (χ3n) is 3.38. The predicted octanol–water partition coefficient (Wildman–Crippen LogP) is 1.24. The lowest BCUT2D eigenvalue weighted by Crippen LogP contribution is -2.52. The van der Waals surface area contributed by atoms with Crippen molar-refractivity contribution in [1.29, 1.82) is 0 Å². The normalized spacial score (nSPS) is 32.7. The lowest BCUT2D eigenvalue weighted by atomic mass is 9.89. The average molecular weight is 198 g/mol. The molecule has 3 unspecified atom stereocenters. The molecule has 0 aromatic rings. The number of amides is 1. The lowest BCUT2D eigenvalue weighted by molar-refractivity contribution is -0.133. The minimum atomic E-state index is 0.0474. The van der Waals surface area contributed by atoms with E-state index in [1.807, 2.05) is 14.0 Å². The first-order valence-corrected chi connectivity index (χ1v) is 5.57. The Morgan fingerprint density at radius 3 is 2.57 bits per heavy atom. The number of likely N-dealkylation sites (N-methyl/N-ethyl adjacent to an activating group) is 1. The molecule has 0 aromatic carbocycles. The molecular weight excluding hydrogens is 176 g/mol. The van der Waals surface area contributed by atoms with Crippen LogP contribution in [-0.4, -0.2) is 36.5 Å². The monoisotopic (exact) mass is 198 g/mol. The zero-order valence-electron chi connectivity index (χ0n) is 9.71. The molecule has 1 rings (SSSR count). The van der Waals surface area contributed by atoms with Crippen LogP contribution in [0.1, 0.15) is 33.6 Å². The van der Waals surface area contributed by atoms with Gasteiger partial charge in [-0.05, 0) is 32.6 Å². The van der Waals surface area contributed by atoms with Gasteiger partial charge in [-0.25, -0.2) is 0 Å². The average Bonchev–Trinajstić information content (AvgIpc) is 2.20. The highest BCUT2D eigenvalue weighted by Crippen LogP contribution is 2.19. The summed E-state index contributed by atoms with van der Waals surface area (Å²) in [6.45, 7) is 7.20. The van der Waals surface area contributed by atoms with Crippen LogP contribution in [0.25, 0.3) is 0 Å². The summed E-state index contributed by atoms with van der Waals surface area (Å²) in [4.78, 5) is 13.6. The van der Waals surface area contributed by atoms with Gasteiger partial charge in [0.05, 0.1) is 6.04 Å². The van der Waals surface area contributed by atoms with Gasteiger partial charge in [0.2, 0.25) is 5.91 Å². The number of hydrogen-bond donors (Lipinski definition) is 1. The first-order chi connectivity index (χ1) is 6.56. The highest BCUT2D eigenvalue weighted by Gasteiger charge is 2.29. The van der Waals surface area contributed by atoms with Crippen molar-refractivity contribution >= 4 is 5.91 Å². The van der Waals surface area contributed by atoms with Gasteiger partial charge in [-0.15, -0.1) is 0 Å². The van der Waals surface area contributed by atoms with E-state index in [4.69, 9.17) is 0 Å². The Kier molecular flexibility index (Phi) is 3.93. The molecule has 0 saturated carbocycles. The Bertz CT molecular complexity index is 205. The van der Waals surface area contributed by atoms with Gasteiger partial charge in [-0.3, -0.25) is 4.79 Å². The van der Waals surface area contributed by atoms with Gasteiger partial charge < -0.3 is 10.2 Å². The van der Waals surface area contributed by atoms with Gasteiger partial charge in [0.25, 0.3) is 0 Å². The maximum atomic E-state index is 11.8. The maximum absolute atomic E-state index is 11.8. The zero-order valence-corrected chi connectivity index (χ0v) is 9.71. The van der Waals surface area contributed by atoms with Crippen molar-refractivity contribution in [3.63, 3.8) is 0 Å². The number of nitrogens with zero attached hydrogens (tertiary/aromatic N) is 1. The standard InChI is InChI=1S/C11H22N2O/c1-5-13(4)11(14)10-7-6-8(2)9(3)12-10/h8-10,12H,5-7H2,1-4H3.